The number of carbonyl (C=O) groups excluding carboxylic acids is 1. The lowest BCUT2D eigenvalue weighted by Crippen LogP contribution is -2.17. The summed E-state index contributed by atoms with van der Waals surface area (Å²) >= 11 is 6.27. The predicted octanol–water partition coefficient (Wildman–Crippen LogP) is 3.59. The summed E-state index contributed by atoms with van der Waals surface area (Å²) in [5, 5.41) is 11.7. The van der Waals surface area contributed by atoms with Crippen molar-refractivity contribution in [1.82, 2.24) is 9.88 Å². The van der Waals surface area contributed by atoms with Crippen LogP contribution in [0.1, 0.15) is 32.9 Å². The molecule has 0 atom stereocenters. The van der Waals surface area contributed by atoms with Gasteiger partial charge in [0, 0.05) is 17.1 Å². The van der Waals surface area contributed by atoms with Crippen LogP contribution in [0.25, 0.3) is 11.8 Å². The van der Waals surface area contributed by atoms with Gasteiger partial charge < -0.3 is 15.0 Å². The minimum Gasteiger partial charge on any atom is -0.478 e. The van der Waals surface area contributed by atoms with Crippen LogP contribution in [0.4, 0.5) is 0 Å². The first-order valence-electron chi connectivity index (χ1n) is 7.56. The first kappa shape index (κ1) is 17.4. The van der Waals surface area contributed by atoms with E-state index < -0.39 is 5.97 Å². The van der Waals surface area contributed by atoms with Gasteiger partial charge in [0.05, 0.1) is 10.5 Å². The molecular weight excluding hydrogens is 356 g/mol. The van der Waals surface area contributed by atoms with Crippen molar-refractivity contribution in [2.24, 2.45) is 0 Å². The zero-order valence-electron chi connectivity index (χ0n) is 13.9. The Labute approximate surface area is 154 Å². The number of aromatic nitrogens is 1. The topological polar surface area (TPSA) is 71.3 Å². The summed E-state index contributed by atoms with van der Waals surface area (Å²) in [5.41, 5.74) is 4.96. The number of amides is 1. The van der Waals surface area contributed by atoms with Crippen molar-refractivity contribution < 1.29 is 14.7 Å². The minimum absolute atomic E-state index is 0.179. The maximum atomic E-state index is 11.9. The van der Waals surface area contributed by atoms with Gasteiger partial charge in [-0.2, -0.15) is 0 Å². The monoisotopic (exact) mass is 372 g/mol. The Morgan fingerprint density at radius 2 is 2.00 bits per heavy atom. The van der Waals surface area contributed by atoms with Crippen molar-refractivity contribution in [3.05, 3.63) is 57.2 Å². The highest BCUT2D eigenvalue weighted by Gasteiger charge is 2.23. The smallest absolute Gasteiger partial charge is 0.335 e. The van der Waals surface area contributed by atoms with Crippen LogP contribution in [-0.4, -0.2) is 25.9 Å². The van der Waals surface area contributed by atoms with E-state index in [0.29, 0.717) is 9.23 Å². The molecule has 7 heteroatoms. The van der Waals surface area contributed by atoms with E-state index in [-0.39, 0.29) is 11.5 Å². The SMILES string of the molecule is Cc1cc(C(=O)O)ccc1-n1c(C)cc(/C=C2\SC(=S)NC2=O)c1C. The molecule has 2 aromatic rings. The molecule has 1 aromatic heterocycles. The molecule has 0 spiro atoms. The molecule has 2 N–H and O–H groups in total. The average molecular weight is 372 g/mol. The van der Waals surface area contributed by atoms with Crippen molar-refractivity contribution >= 4 is 46.3 Å². The number of nitrogens with one attached hydrogen (secondary N) is 1. The average Bonchev–Trinajstić information content (AvgIpc) is 2.99. The van der Waals surface area contributed by atoms with Gasteiger partial charge in [0.15, 0.2) is 0 Å². The Kier molecular flexibility index (Phi) is 4.53. The lowest BCUT2D eigenvalue weighted by Gasteiger charge is -2.13. The molecular formula is C18H16N2O3S2. The fourth-order valence-electron chi connectivity index (χ4n) is 2.91. The summed E-state index contributed by atoms with van der Waals surface area (Å²) < 4.78 is 2.52. The van der Waals surface area contributed by atoms with Crippen LogP contribution in [-0.2, 0) is 4.79 Å². The number of hydrogen-bond donors (Lipinski definition) is 2. The first-order chi connectivity index (χ1) is 11.8. The minimum atomic E-state index is -0.943. The number of nitrogens with zero attached hydrogens (tertiary/aromatic N) is 1. The Balaban J connectivity index is 2.07. The van der Waals surface area contributed by atoms with Crippen molar-refractivity contribution in [3.63, 3.8) is 0 Å². The Hall–Kier alpha value is -2.38. The highest BCUT2D eigenvalue weighted by molar-refractivity contribution is 8.26. The van der Waals surface area contributed by atoms with Crippen LogP contribution in [0, 0.1) is 20.8 Å². The zero-order valence-corrected chi connectivity index (χ0v) is 15.5. The van der Waals surface area contributed by atoms with Gasteiger partial charge in [-0.05, 0) is 62.2 Å². The number of hydrogen-bond acceptors (Lipinski definition) is 4. The summed E-state index contributed by atoms with van der Waals surface area (Å²) in [5.74, 6) is -1.12. The molecule has 3 rings (SSSR count). The van der Waals surface area contributed by atoms with Crippen LogP contribution in [0.2, 0.25) is 0 Å². The van der Waals surface area contributed by atoms with E-state index in [2.05, 4.69) is 9.88 Å². The number of carboxylic acid groups (broad SMARTS) is 1. The van der Waals surface area contributed by atoms with Crippen LogP contribution in [0.3, 0.4) is 0 Å². The maximum Gasteiger partial charge on any atom is 0.335 e. The summed E-state index contributed by atoms with van der Waals surface area (Å²) in [6.07, 6.45) is 1.83. The number of benzene rings is 1. The molecule has 0 unspecified atom stereocenters. The lowest BCUT2D eigenvalue weighted by atomic mass is 10.1. The van der Waals surface area contributed by atoms with E-state index in [1.54, 1.807) is 12.1 Å². The molecule has 2 heterocycles. The molecule has 1 aliphatic rings. The van der Waals surface area contributed by atoms with Crippen LogP contribution in [0.5, 0.6) is 0 Å². The fraction of sp³-hybridized carbons (Fsp3) is 0.167. The third kappa shape index (κ3) is 3.25. The van der Waals surface area contributed by atoms with Gasteiger partial charge in [-0.25, -0.2) is 4.79 Å². The summed E-state index contributed by atoms with van der Waals surface area (Å²) in [4.78, 5) is 23.6. The molecule has 0 bridgehead atoms. The summed E-state index contributed by atoms with van der Waals surface area (Å²) in [6.45, 7) is 5.84. The molecule has 0 aliphatic carbocycles. The molecule has 5 nitrogen and oxygen atoms in total. The Morgan fingerprint density at radius 3 is 2.56 bits per heavy atom. The normalized spacial score (nSPS) is 15.7. The second-order valence-corrected chi connectivity index (χ2v) is 7.54. The number of aromatic carboxylic acids is 1. The Morgan fingerprint density at radius 1 is 1.28 bits per heavy atom. The highest BCUT2D eigenvalue weighted by Crippen LogP contribution is 2.30. The van der Waals surface area contributed by atoms with Crippen LogP contribution in [0.15, 0.2) is 29.2 Å². The molecule has 1 aliphatic heterocycles. The fourth-order valence-corrected chi connectivity index (χ4v) is 3.94. The number of thioether (sulfide) groups is 1. The molecule has 128 valence electrons. The number of thiocarbonyl (C=S) groups is 1. The Bertz CT molecular complexity index is 957. The second kappa shape index (κ2) is 6.50. The summed E-state index contributed by atoms with van der Waals surface area (Å²) in [7, 11) is 0. The van der Waals surface area contributed by atoms with Gasteiger partial charge in [-0.15, -0.1) is 0 Å². The van der Waals surface area contributed by atoms with E-state index in [1.165, 1.54) is 11.8 Å². The third-order valence-electron chi connectivity index (χ3n) is 4.08. The van der Waals surface area contributed by atoms with Crippen molar-refractivity contribution in [3.8, 4) is 5.69 Å². The lowest BCUT2D eigenvalue weighted by molar-refractivity contribution is -0.115. The van der Waals surface area contributed by atoms with Crippen LogP contribution < -0.4 is 5.32 Å². The molecule has 1 aromatic carbocycles. The van der Waals surface area contributed by atoms with E-state index in [1.807, 2.05) is 39.0 Å². The number of aryl methyl sites for hydroxylation is 2. The first-order valence-corrected chi connectivity index (χ1v) is 8.78. The van der Waals surface area contributed by atoms with Gasteiger partial charge in [0.25, 0.3) is 5.91 Å². The van der Waals surface area contributed by atoms with Gasteiger partial charge in [-0.3, -0.25) is 4.79 Å². The van der Waals surface area contributed by atoms with E-state index in [0.717, 1.165) is 28.2 Å². The van der Waals surface area contributed by atoms with E-state index in [4.69, 9.17) is 17.3 Å². The molecule has 0 saturated carbocycles. The molecule has 0 radical (unpaired) electrons. The maximum absolute atomic E-state index is 11.9. The van der Waals surface area contributed by atoms with Gasteiger partial charge >= 0.3 is 5.97 Å². The molecule has 1 fully saturated rings. The quantitative estimate of drug-likeness (QED) is 0.636. The van der Waals surface area contributed by atoms with Crippen LogP contribution >= 0.6 is 24.0 Å². The molecule has 1 saturated heterocycles. The van der Waals surface area contributed by atoms with Gasteiger partial charge in [-0.1, -0.05) is 24.0 Å². The van der Waals surface area contributed by atoms with E-state index in [9.17, 15) is 9.59 Å². The van der Waals surface area contributed by atoms with Crippen molar-refractivity contribution in [2.45, 2.75) is 20.8 Å². The predicted molar refractivity (Wildman–Crippen MR) is 103 cm³/mol. The standard InChI is InChI=1S/C18H16N2O3S2/c1-9-6-12(17(22)23)4-5-14(9)20-10(2)7-13(11(20)3)8-15-16(21)19-18(24)25-15/h4-8H,1-3H3,(H,22,23)(H,19,21,24)/b15-8-. The third-order valence-corrected chi connectivity index (χ3v) is 5.25. The van der Waals surface area contributed by atoms with Crippen molar-refractivity contribution in [2.75, 3.05) is 0 Å². The number of carbonyl (C=O) groups is 2. The second-order valence-electron chi connectivity index (χ2n) is 5.82. The number of rotatable bonds is 3. The van der Waals surface area contributed by atoms with Gasteiger partial charge in [0.1, 0.15) is 4.32 Å². The van der Waals surface area contributed by atoms with Crippen molar-refractivity contribution in [1.29, 1.82) is 0 Å². The highest BCUT2D eigenvalue weighted by atomic mass is 32.2. The molecule has 1 amide bonds. The largest absolute Gasteiger partial charge is 0.478 e. The molecule has 25 heavy (non-hydrogen) atoms. The van der Waals surface area contributed by atoms with Gasteiger partial charge in [0.2, 0.25) is 0 Å². The summed E-state index contributed by atoms with van der Waals surface area (Å²) in [6, 6.07) is 7.07. The number of carboxylic acids is 1. The van der Waals surface area contributed by atoms with E-state index >= 15 is 0 Å². The zero-order chi connectivity index (χ0) is 18.3.